The third-order valence-corrected chi connectivity index (χ3v) is 4.72. The monoisotopic (exact) mass is 334 g/mol. The number of amides is 2. The summed E-state index contributed by atoms with van der Waals surface area (Å²) in [5, 5.41) is 6.75. The first kappa shape index (κ1) is 16.3. The molecule has 1 aromatic carbocycles. The van der Waals surface area contributed by atoms with Gasteiger partial charge in [0, 0.05) is 23.9 Å². The van der Waals surface area contributed by atoms with Crippen LogP contribution >= 0.6 is 11.6 Å². The number of carbonyl (C=O) groups is 2. The molecule has 2 aliphatic rings. The normalized spacial score (nSPS) is 18.3. The van der Waals surface area contributed by atoms with Gasteiger partial charge in [-0.25, -0.2) is 0 Å². The van der Waals surface area contributed by atoms with E-state index in [-0.39, 0.29) is 23.8 Å². The number of carbonyl (C=O) groups excluding carboxylic acids is 2. The van der Waals surface area contributed by atoms with Gasteiger partial charge in [-0.2, -0.15) is 0 Å². The number of hydrogen-bond acceptors (Lipinski definition) is 2. The zero-order valence-corrected chi connectivity index (χ0v) is 13.9. The van der Waals surface area contributed by atoms with Crippen molar-refractivity contribution in [3.8, 4) is 0 Å². The Hall–Kier alpha value is -1.55. The summed E-state index contributed by atoms with van der Waals surface area (Å²) in [4.78, 5) is 23.7. The molecule has 0 heterocycles. The van der Waals surface area contributed by atoms with Crippen molar-refractivity contribution in [3.63, 3.8) is 0 Å². The maximum Gasteiger partial charge on any atom is 0.223 e. The molecule has 5 heteroatoms. The predicted octanol–water partition coefficient (Wildman–Crippen LogP) is 3.21. The molecule has 0 unspecified atom stereocenters. The first-order valence-corrected chi connectivity index (χ1v) is 8.84. The Morgan fingerprint density at radius 1 is 1.13 bits per heavy atom. The third kappa shape index (κ3) is 4.96. The second kappa shape index (κ2) is 7.35. The molecule has 0 aromatic heterocycles. The van der Waals surface area contributed by atoms with Gasteiger partial charge in [-0.3, -0.25) is 9.59 Å². The lowest BCUT2D eigenvalue weighted by atomic mass is 10.0. The molecule has 4 nitrogen and oxygen atoms in total. The van der Waals surface area contributed by atoms with Gasteiger partial charge in [-0.1, -0.05) is 23.7 Å². The lowest BCUT2D eigenvalue weighted by Crippen LogP contribution is -2.31. The first-order chi connectivity index (χ1) is 11.1. The quantitative estimate of drug-likeness (QED) is 0.717. The van der Waals surface area contributed by atoms with Crippen molar-refractivity contribution in [3.05, 3.63) is 34.9 Å². The van der Waals surface area contributed by atoms with E-state index < -0.39 is 0 Å². The number of hydrogen-bond donors (Lipinski definition) is 2. The van der Waals surface area contributed by atoms with Crippen LogP contribution in [0.25, 0.3) is 0 Å². The Balaban J connectivity index is 1.43. The van der Waals surface area contributed by atoms with Crippen LogP contribution in [0.5, 0.6) is 0 Å². The van der Waals surface area contributed by atoms with E-state index in [2.05, 4.69) is 10.6 Å². The van der Waals surface area contributed by atoms with Crippen LogP contribution < -0.4 is 10.6 Å². The molecular weight excluding hydrogens is 312 g/mol. The molecule has 2 N–H and O–H groups in total. The SMILES string of the molecule is O=C(CCCNC(=O)C1CC1)N[C@H](c1ccc(Cl)cc1)C1CC1. The highest BCUT2D eigenvalue weighted by molar-refractivity contribution is 6.30. The van der Waals surface area contributed by atoms with Gasteiger partial charge in [0.25, 0.3) is 0 Å². The largest absolute Gasteiger partial charge is 0.356 e. The predicted molar refractivity (Wildman–Crippen MR) is 90.0 cm³/mol. The van der Waals surface area contributed by atoms with Crippen molar-refractivity contribution in [2.24, 2.45) is 11.8 Å². The van der Waals surface area contributed by atoms with Crippen molar-refractivity contribution >= 4 is 23.4 Å². The fourth-order valence-corrected chi connectivity index (χ4v) is 2.90. The van der Waals surface area contributed by atoms with Gasteiger partial charge in [0.15, 0.2) is 0 Å². The van der Waals surface area contributed by atoms with Crippen LogP contribution in [0.4, 0.5) is 0 Å². The highest BCUT2D eigenvalue weighted by atomic mass is 35.5. The summed E-state index contributed by atoms with van der Waals surface area (Å²) in [6, 6.07) is 7.79. The van der Waals surface area contributed by atoms with Crippen LogP contribution in [-0.4, -0.2) is 18.4 Å². The van der Waals surface area contributed by atoms with Crippen LogP contribution in [0.3, 0.4) is 0 Å². The van der Waals surface area contributed by atoms with Gasteiger partial charge in [0.2, 0.25) is 11.8 Å². The maximum absolute atomic E-state index is 12.2. The van der Waals surface area contributed by atoms with Gasteiger partial charge < -0.3 is 10.6 Å². The van der Waals surface area contributed by atoms with Crippen LogP contribution in [-0.2, 0) is 9.59 Å². The van der Waals surface area contributed by atoms with Crippen LogP contribution in [0.1, 0.15) is 50.1 Å². The van der Waals surface area contributed by atoms with E-state index in [1.54, 1.807) is 0 Å². The van der Waals surface area contributed by atoms with Crippen molar-refractivity contribution < 1.29 is 9.59 Å². The summed E-state index contributed by atoms with van der Waals surface area (Å²) in [5.74, 6) is 0.961. The van der Waals surface area contributed by atoms with Crippen molar-refractivity contribution in [2.45, 2.75) is 44.6 Å². The molecule has 3 rings (SSSR count). The van der Waals surface area contributed by atoms with E-state index in [4.69, 9.17) is 11.6 Å². The molecule has 0 spiro atoms. The van der Waals surface area contributed by atoms with E-state index in [1.165, 1.54) is 0 Å². The lowest BCUT2D eigenvalue weighted by molar-refractivity contribution is -0.124. The Kier molecular flexibility index (Phi) is 5.21. The fourth-order valence-electron chi connectivity index (χ4n) is 2.77. The standard InChI is InChI=1S/C18H23ClN2O2/c19-15-9-7-13(8-10-15)17(12-3-4-12)21-16(22)2-1-11-20-18(23)14-5-6-14/h7-10,12,14,17H,1-6,11H2,(H,20,23)(H,21,22)/t17-/m0/s1. The average molecular weight is 335 g/mol. The van der Waals surface area contributed by atoms with Crippen LogP contribution in [0, 0.1) is 11.8 Å². The summed E-state index contributed by atoms with van der Waals surface area (Å²) < 4.78 is 0. The molecule has 2 amide bonds. The molecule has 0 bridgehead atoms. The molecule has 1 aromatic rings. The number of nitrogens with one attached hydrogen (secondary N) is 2. The molecule has 124 valence electrons. The van der Waals surface area contributed by atoms with E-state index in [0.29, 0.717) is 30.3 Å². The second-order valence-corrected chi connectivity index (χ2v) is 7.04. The summed E-state index contributed by atoms with van der Waals surface area (Å²) in [7, 11) is 0. The van der Waals surface area contributed by atoms with Crippen LogP contribution in [0.2, 0.25) is 5.02 Å². The van der Waals surface area contributed by atoms with Crippen LogP contribution in [0.15, 0.2) is 24.3 Å². The molecular formula is C18H23ClN2O2. The molecule has 2 aliphatic carbocycles. The molecule has 2 saturated carbocycles. The zero-order chi connectivity index (χ0) is 16.2. The Bertz CT molecular complexity index is 565. The second-order valence-electron chi connectivity index (χ2n) is 6.60. The van der Waals surface area contributed by atoms with Crippen molar-refractivity contribution in [2.75, 3.05) is 6.54 Å². The van der Waals surface area contributed by atoms with E-state index in [0.717, 1.165) is 31.2 Å². The van der Waals surface area contributed by atoms with E-state index >= 15 is 0 Å². The highest BCUT2D eigenvalue weighted by Gasteiger charge is 2.33. The van der Waals surface area contributed by atoms with Gasteiger partial charge in [-0.15, -0.1) is 0 Å². The van der Waals surface area contributed by atoms with Gasteiger partial charge in [0.1, 0.15) is 0 Å². The molecule has 1 atom stereocenters. The summed E-state index contributed by atoms with van der Waals surface area (Å²) in [5.41, 5.74) is 1.12. The summed E-state index contributed by atoms with van der Waals surface area (Å²) in [6.45, 7) is 0.581. The smallest absolute Gasteiger partial charge is 0.223 e. The Labute approximate surface area is 142 Å². The number of rotatable bonds is 8. The topological polar surface area (TPSA) is 58.2 Å². The molecule has 0 radical (unpaired) electrons. The summed E-state index contributed by atoms with van der Waals surface area (Å²) >= 11 is 5.93. The highest BCUT2D eigenvalue weighted by Crippen LogP contribution is 2.41. The molecule has 0 saturated heterocycles. The summed E-state index contributed by atoms with van der Waals surface area (Å²) in [6.07, 6.45) is 5.47. The minimum Gasteiger partial charge on any atom is -0.356 e. The maximum atomic E-state index is 12.2. The first-order valence-electron chi connectivity index (χ1n) is 8.46. The van der Waals surface area contributed by atoms with Crippen molar-refractivity contribution in [1.82, 2.24) is 10.6 Å². The fraction of sp³-hybridized carbons (Fsp3) is 0.556. The minimum absolute atomic E-state index is 0.0533. The average Bonchev–Trinajstić information content (AvgIpc) is 3.41. The lowest BCUT2D eigenvalue weighted by Gasteiger charge is -2.19. The number of halogens is 1. The third-order valence-electron chi connectivity index (χ3n) is 4.47. The van der Waals surface area contributed by atoms with E-state index in [1.807, 2.05) is 24.3 Å². The minimum atomic E-state index is 0.0533. The Morgan fingerprint density at radius 2 is 1.83 bits per heavy atom. The molecule has 0 aliphatic heterocycles. The molecule has 2 fully saturated rings. The van der Waals surface area contributed by atoms with Crippen molar-refractivity contribution in [1.29, 1.82) is 0 Å². The van der Waals surface area contributed by atoms with Gasteiger partial charge >= 0.3 is 0 Å². The molecule has 23 heavy (non-hydrogen) atoms. The number of benzene rings is 1. The van der Waals surface area contributed by atoms with Gasteiger partial charge in [-0.05, 0) is 55.7 Å². The van der Waals surface area contributed by atoms with E-state index in [9.17, 15) is 9.59 Å². The zero-order valence-electron chi connectivity index (χ0n) is 13.2. The van der Waals surface area contributed by atoms with Gasteiger partial charge in [0.05, 0.1) is 6.04 Å². The Morgan fingerprint density at radius 3 is 2.43 bits per heavy atom.